The number of aromatic nitrogens is 4. The van der Waals surface area contributed by atoms with E-state index in [1.807, 2.05) is 23.8 Å². The van der Waals surface area contributed by atoms with Gasteiger partial charge in [-0.05, 0) is 37.5 Å². The largest absolute Gasteiger partial charge is 0.368 e. The molecule has 0 aromatic carbocycles. The zero-order chi connectivity index (χ0) is 21.4. The van der Waals surface area contributed by atoms with Gasteiger partial charge in [0.2, 0.25) is 5.95 Å². The van der Waals surface area contributed by atoms with Gasteiger partial charge in [-0.15, -0.1) is 0 Å². The molecule has 162 valence electrons. The Kier molecular flexibility index (Phi) is 5.19. The molecule has 4 N–H and O–H groups in total. The van der Waals surface area contributed by atoms with Crippen molar-refractivity contribution in [3.05, 3.63) is 35.8 Å². The molecule has 2 fully saturated rings. The Morgan fingerprint density at radius 1 is 1.16 bits per heavy atom. The number of rotatable bonds is 5. The van der Waals surface area contributed by atoms with Crippen molar-refractivity contribution in [1.82, 2.24) is 24.8 Å². The van der Waals surface area contributed by atoms with Crippen LogP contribution in [-0.2, 0) is 0 Å². The smallest absolute Gasteiger partial charge is 0.265 e. The number of anilines is 3. The van der Waals surface area contributed by atoms with E-state index in [2.05, 4.69) is 31.6 Å². The first-order valence-corrected chi connectivity index (χ1v) is 11.0. The molecule has 3 aromatic heterocycles. The summed E-state index contributed by atoms with van der Waals surface area (Å²) < 4.78 is 2.04. The SMILES string of the molecule is Cc1c(C(N)=O)n(C2CCCC2)c2nc(Nc3ccc(N4CCNCC4)cn3)ncc12. The zero-order valence-electron chi connectivity index (χ0n) is 17.8. The highest BCUT2D eigenvalue weighted by Crippen LogP contribution is 2.36. The minimum absolute atomic E-state index is 0.248. The number of hydrogen-bond donors (Lipinski definition) is 3. The lowest BCUT2D eigenvalue weighted by molar-refractivity contribution is 0.0989. The van der Waals surface area contributed by atoms with Crippen LogP contribution >= 0.6 is 0 Å². The van der Waals surface area contributed by atoms with Gasteiger partial charge >= 0.3 is 0 Å². The van der Waals surface area contributed by atoms with Gasteiger partial charge in [0.15, 0.2) is 0 Å². The standard InChI is InChI=1S/C22H28N8O/c1-14-17-13-26-22(27-18-7-6-16(12-25-18)29-10-8-24-9-11-29)28-21(17)30(19(14)20(23)31)15-4-2-3-5-15/h6-7,12-13,15,24H,2-5,8-11H2,1H3,(H2,23,31)(H,25,26,27,28). The van der Waals surface area contributed by atoms with Crippen LogP contribution in [0.3, 0.4) is 0 Å². The van der Waals surface area contributed by atoms with Crippen molar-refractivity contribution in [1.29, 1.82) is 0 Å². The van der Waals surface area contributed by atoms with Crippen LogP contribution in [0.15, 0.2) is 24.5 Å². The number of nitrogens with one attached hydrogen (secondary N) is 2. The van der Waals surface area contributed by atoms with Crippen LogP contribution in [0.25, 0.3) is 11.0 Å². The van der Waals surface area contributed by atoms with Crippen molar-refractivity contribution >= 4 is 34.4 Å². The van der Waals surface area contributed by atoms with Crippen LogP contribution in [0, 0.1) is 6.92 Å². The van der Waals surface area contributed by atoms with E-state index in [1.165, 1.54) is 0 Å². The molecule has 0 spiro atoms. The van der Waals surface area contributed by atoms with Gasteiger partial charge in [0.05, 0.1) is 11.9 Å². The summed E-state index contributed by atoms with van der Waals surface area (Å²) in [6, 6.07) is 4.26. The summed E-state index contributed by atoms with van der Waals surface area (Å²) in [5, 5.41) is 7.44. The third-order valence-corrected chi connectivity index (χ3v) is 6.39. The molecule has 0 atom stereocenters. The predicted octanol–water partition coefficient (Wildman–Crippen LogP) is 2.50. The molecule has 1 saturated carbocycles. The average molecular weight is 421 g/mol. The van der Waals surface area contributed by atoms with E-state index in [9.17, 15) is 4.79 Å². The summed E-state index contributed by atoms with van der Waals surface area (Å²) in [7, 11) is 0. The zero-order valence-corrected chi connectivity index (χ0v) is 17.8. The fourth-order valence-electron chi connectivity index (χ4n) is 4.80. The predicted molar refractivity (Wildman–Crippen MR) is 121 cm³/mol. The second kappa shape index (κ2) is 8.14. The molecule has 1 amide bonds. The molecule has 9 nitrogen and oxygen atoms in total. The minimum Gasteiger partial charge on any atom is -0.368 e. The molecule has 1 aliphatic heterocycles. The van der Waals surface area contributed by atoms with Crippen molar-refractivity contribution in [2.45, 2.75) is 38.6 Å². The van der Waals surface area contributed by atoms with Crippen LogP contribution in [0.1, 0.15) is 47.8 Å². The summed E-state index contributed by atoms with van der Waals surface area (Å²) >= 11 is 0. The van der Waals surface area contributed by atoms with E-state index in [1.54, 1.807) is 6.20 Å². The van der Waals surface area contributed by atoms with E-state index in [4.69, 9.17) is 10.7 Å². The number of carbonyl (C=O) groups is 1. The third-order valence-electron chi connectivity index (χ3n) is 6.39. The van der Waals surface area contributed by atoms with E-state index in [0.717, 1.165) is 74.1 Å². The first-order valence-electron chi connectivity index (χ1n) is 11.0. The van der Waals surface area contributed by atoms with E-state index >= 15 is 0 Å². The number of carbonyl (C=O) groups excluding carboxylic acids is 1. The fourth-order valence-corrected chi connectivity index (χ4v) is 4.80. The molecule has 4 heterocycles. The second-order valence-corrected chi connectivity index (χ2v) is 8.34. The molecule has 2 aliphatic rings. The molecule has 0 radical (unpaired) electrons. The van der Waals surface area contributed by atoms with Crippen LogP contribution in [0.5, 0.6) is 0 Å². The fraction of sp³-hybridized carbons (Fsp3) is 0.455. The summed E-state index contributed by atoms with van der Waals surface area (Å²) in [5.41, 5.74) is 9.01. The summed E-state index contributed by atoms with van der Waals surface area (Å²) in [5.74, 6) is 0.730. The number of primary amides is 1. The quantitative estimate of drug-likeness (QED) is 0.581. The minimum atomic E-state index is -0.415. The molecule has 9 heteroatoms. The maximum atomic E-state index is 12.2. The van der Waals surface area contributed by atoms with Gasteiger partial charge in [0.1, 0.15) is 17.2 Å². The number of piperazine rings is 1. The molecule has 1 aliphatic carbocycles. The lowest BCUT2D eigenvalue weighted by atomic mass is 10.2. The first kappa shape index (κ1) is 19.7. The van der Waals surface area contributed by atoms with Gasteiger partial charge in [-0.3, -0.25) is 4.79 Å². The summed E-state index contributed by atoms with van der Waals surface area (Å²) in [6.07, 6.45) is 8.02. The molecule has 0 bridgehead atoms. The lowest BCUT2D eigenvalue weighted by Gasteiger charge is -2.29. The van der Waals surface area contributed by atoms with Gasteiger partial charge in [-0.1, -0.05) is 12.8 Å². The Morgan fingerprint density at radius 3 is 2.61 bits per heavy atom. The van der Waals surface area contributed by atoms with Gasteiger partial charge in [-0.2, -0.15) is 4.98 Å². The van der Waals surface area contributed by atoms with E-state index in [0.29, 0.717) is 17.5 Å². The second-order valence-electron chi connectivity index (χ2n) is 8.34. The summed E-state index contributed by atoms with van der Waals surface area (Å²) in [6.45, 7) is 5.85. The number of pyridine rings is 1. The molecular weight excluding hydrogens is 392 g/mol. The maximum absolute atomic E-state index is 12.2. The molecule has 31 heavy (non-hydrogen) atoms. The maximum Gasteiger partial charge on any atom is 0.265 e. The topological polar surface area (TPSA) is 114 Å². The van der Waals surface area contributed by atoms with Crippen LogP contribution in [0.2, 0.25) is 0 Å². The van der Waals surface area contributed by atoms with Crippen molar-refractivity contribution < 1.29 is 4.79 Å². The van der Waals surface area contributed by atoms with Crippen LogP contribution in [-0.4, -0.2) is 51.6 Å². The highest BCUT2D eigenvalue weighted by molar-refractivity contribution is 6.00. The monoisotopic (exact) mass is 420 g/mol. The van der Waals surface area contributed by atoms with Crippen molar-refractivity contribution in [2.24, 2.45) is 5.73 Å². The number of aryl methyl sites for hydroxylation is 1. The molecular formula is C22H28N8O. The van der Waals surface area contributed by atoms with E-state index < -0.39 is 5.91 Å². The Bertz CT molecular complexity index is 1090. The van der Waals surface area contributed by atoms with Crippen LogP contribution < -0.4 is 21.3 Å². The molecule has 1 saturated heterocycles. The number of nitrogens with two attached hydrogens (primary N) is 1. The Labute approximate surface area is 181 Å². The van der Waals surface area contributed by atoms with Gasteiger partial charge < -0.3 is 25.8 Å². The number of amides is 1. The number of hydrogen-bond acceptors (Lipinski definition) is 7. The number of nitrogens with zero attached hydrogens (tertiary/aromatic N) is 5. The Hall–Kier alpha value is -3.20. The van der Waals surface area contributed by atoms with Crippen molar-refractivity contribution in [3.8, 4) is 0 Å². The first-order chi connectivity index (χ1) is 15.1. The molecule has 5 rings (SSSR count). The highest BCUT2D eigenvalue weighted by atomic mass is 16.1. The lowest BCUT2D eigenvalue weighted by Crippen LogP contribution is -2.43. The average Bonchev–Trinajstić information content (AvgIpc) is 3.41. The van der Waals surface area contributed by atoms with Crippen molar-refractivity contribution in [3.63, 3.8) is 0 Å². The van der Waals surface area contributed by atoms with Gasteiger partial charge in [-0.25, -0.2) is 9.97 Å². The van der Waals surface area contributed by atoms with E-state index in [-0.39, 0.29) is 6.04 Å². The molecule has 0 unspecified atom stereocenters. The highest BCUT2D eigenvalue weighted by Gasteiger charge is 2.27. The Balaban J connectivity index is 1.45. The normalized spacial score (nSPS) is 17.4. The summed E-state index contributed by atoms with van der Waals surface area (Å²) in [4.78, 5) is 28.3. The van der Waals surface area contributed by atoms with Crippen molar-refractivity contribution in [2.75, 3.05) is 36.4 Å². The van der Waals surface area contributed by atoms with Gasteiger partial charge in [0.25, 0.3) is 5.91 Å². The van der Waals surface area contributed by atoms with Crippen LogP contribution in [0.4, 0.5) is 17.5 Å². The van der Waals surface area contributed by atoms with Gasteiger partial charge in [0, 0.05) is 43.8 Å². The Morgan fingerprint density at radius 2 is 1.94 bits per heavy atom. The molecule has 3 aromatic rings. The number of fused-ring (bicyclic) bond motifs is 1. The third kappa shape index (κ3) is 3.69.